The second kappa shape index (κ2) is 11.8. The van der Waals surface area contributed by atoms with Gasteiger partial charge in [-0.2, -0.15) is 0 Å². The minimum atomic E-state index is -0.0846. The Hall–Kier alpha value is -5.44. The maximum Gasteiger partial charge on any atom is 0.0566 e. The van der Waals surface area contributed by atoms with Crippen LogP contribution in [0.25, 0.3) is 60.2 Å². The van der Waals surface area contributed by atoms with Gasteiger partial charge in [0.15, 0.2) is 0 Å². The highest BCUT2D eigenvalue weighted by Crippen LogP contribution is 2.51. The van der Waals surface area contributed by atoms with Gasteiger partial charge in [0.25, 0.3) is 0 Å². The second-order valence-electron chi connectivity index (χ2n) is 14.7. The van der Waals surface area contributed by atoms with Gasteiger partial charge in [-0.25, -0.2) is 0 Å². The summed E-state index contributed by atoms with van der Waals surface area (Å²) < 4.78 is 2.73. The zero-order chi connectivity index (χ0) is 34.1. The van der Waals surface area contributed by atoms with Gasteiger partial charge >= 0.3 is 0 Å². The van der Waals surface area contributed by atoms with E-state index in [0.29, 0.717) is 0 Å². The SMILES string of the molecule is CC1(C)c2ccccc2-c2ccc(N(c3ccc4c(c3-c3ccccc3)=CCCC=4)C3C=CC=C(c4cccc5c4sc4ccccc45)C3)cc21. The Morgan fingerprint density at radius 1 is 0.667 bits per heavy atom. The first-order chi connectivity index (χ1) is 25.1. The van der Waals surface area contributed by atoms with E-state index in [1.54, 1.807) is 0 Å². The fraction of sp³-hybridized carbons (Fsp3) is 0.143. The summed E-state index contributed by atoms with van der Waals surface area (Å²) in [5.74, 6) is 0. The van der Waals surface area contributed by atoms with E-state index in [9.17, 15) is 0 Å². The molecule has 0 N–H and O–H groups in total. The number of fused-ring (bicyclic) bond motifs is 7. The largest absolute Gasteiger partial charge is 0.334 e. The number of hydrogen-bond acceptors (Lipinski definition) is 2. The summed E-state index contributed by atoms with van der Waals surface area (Å²) in [6, 6.07) is 47.8. The van der Waals surface area contributed by atoms with Crippen molar-refractivity contribution in [1.29, 1.82) is 0 Å². The Labute approximate surface area is 303 Å². The fourth-order valence-electron chi connectivity index (χ4n) is 8.99. The Balaban J connectivity index is 1.17. The number of nitrogens with zero attached hydrogens (tertiary/aromatic N) is 1. The third-order valence-electron chi connectivity index (χ3n) is 11.4. The summed E-state index contributed by atoms with van der Waals surface area (Å²) in [6.45, 7) is 4.77. The molecule has 2 heteroatoms. The number of benzene rings is 6. The lowest BCUT2D eigenvalue weighted by atomic mass is 9.82. The number of rotatable bonds is 5. The Morgan fingerprint density at radius 2 is 1.43 bits per heavy atom. The molecule has 0 saturated carbocycles. The van der Waals surface area contributed by atoms with Crippen LogP contribution in [0.3, 0.4) is 0 Å². The molecule has 3 aliphatic rings. The predicted octanol–water partition coefficient (Wildman–Crippen LogP) is 11.9. The third kappa shape index (κ3) is 4.81. The van der Waals surface area contributed by atoms with Crippen LogP contribution in [0.15, 0.2) is 146 Å². The molecule has 1 unspecified atom stereocenters. The molecule has 0 spiro atoms. The van der Waals surface area contributed by atoms with Crippen LogP contribution in [0, 0.1) is 0 Å². The van der Waals surface area contributed by atoms with Gasteiger partial charge in [0.1, 0.15) is 0 Å². The minimum absolute atomic E-state index is 0.0846. The molecule has 1 aromatic heterocycles. The molecule has 246 valence electrons. The van der Waals surface area contributed by atoms with Crippen LogP contribution < -0.4 is 15.3 Å². The molecule has 0 aliphatic heterocycles. The summed E-state index contributed by atoms with van der Waals surface area (Å²) in [5, 5.41) is 5.39. The maximum atomic E-state index is 2.65. The van der Waals surface area contributed by atoms with E-state index < -0.39 is 0 Å². The van der Waals surface area contributed by atoms with Crippen LogP contribution >= 0.6 is 11.3 Å². The van der Waals surface area contributed by atoms with Crippen molar-refractivity contribution < 1.29 is 0 Å². The van der Waals surface area contributed by atoms with Crippen molar-refractivity contribution in [3.05, 3.63) is 173 Å². The highest BCUT2D eigenvalue weighted by molar-refractivity contribution is 7.26. The standard InChI is InChI=1S/C49H39NS/c1-49(2)43-24-10-8-20-39(43)40-28-27-36(31-44(40)49)50(45-29-26-32-14-6-7-19-37(32)47(45)33-15-4-3-5-16-33)35-18-12-17-34(30-35)38-22-13-23-42-41-21-9-11-25-46(41)51-48(38)42/h3-5,8-29,31,35H,6-7,30H2,1-2H3. The minimum Gasteiger partial charge on any atom is -0.334 e. The molecule has 10 rings (SSSR count). The molecule has 0 amide bonds. The average Bonchev–Trinajstić information content (AvgIpc) is 3.67. The van der Waals surface area contributed by atoms with Crippen LogP contribution in [0.5, 0.6) is 0 Å². The Kier molecular flexibility index (Phi) is 7.05. The molecule has 1 atom stereocenters. The molecule has 6 aromatic carbocycles. The number of hydrogen-bond donors (Lipinski definition) is 0. The normalized spacial score (nSPS) is 16.9. The topological polar surface area (TPSA) is 3.24 Å². The number of anilines is 2. The Morgan fingerprint density at radius 3 is 2.35 bits per heavy atom. The number of thiophene rings is 1. The molecular weight excluding hydrogens is 635 g/mol. The van der Waals surface area contributed by atoms with Crippen LogP contribution in [0.2, 0.25) is 0 Å². The van der Waals surface area contributed by atoms with Gasteiger partial charge in [0, 0.05) is 36.8 Å². The van der Waals surface area contributed by atoms with E-state index in [-0.39, 0.29) is 11.5 Å². The van der Waals surface area contributed by atoms with Crippen LogP contribution in [-0.2, 0) is 5.41 Å². The first kappa shape index (κ1) is 30.4. The van der Waals surface area contributed by atoms with E-state index in [1.165, 1.54) is 86.5 Å². The first-order valence-electron chi connectivity index (χ1n) is 18.3. The summed E-state index contributed by atoms with van der Waals surface area (Å²) in [6.07, 6.45) is 15.0. The van der Waals surface area contributed by atoms with Crippen molar-refractivity contribution in [2.75, 3.05) is 4.90 Å². The third-order valence-corrected chi connectivity index (χ3v) is 12.7. The van der Waals surface area contributed by atoms with Gasteiger partial charge in [0.2, 0.25) is 0 Å². The molecule has 1 nitrogen and oxygen atoms in total. The molecule has 0 bridgehead atoms. The van der Waals surface area contributed by atoms with Crippen molar-refractivity contribution in [3.8, 4) is 22.3 Å². The molecule has 51 heavy (non-hydrogen) atoms. The lowest BCUT2D eigenvalue weighted by Gasteiger charge is -2.36. The van der Waals surface area contributed by atoms with Crippen molar-refractivity contribution in [1.82, 2.24) is 0 Å². The summed E-state index contributed by atoms with van der Waals surface area (Å²) in [7, 11) is 0. The van der Waals surface area contributed by atoms with Gasteiger partial charge < -0.3 is 4.90 Å². The lowest BCUT2D eigenvalue weighted by Crippen LogP contribution is -2.36. The van der Waals surface area contributed by atoms with Crippen molar-refractivity contribution in [2.45, 2.75) is 44.6 Å². The fourth-order valence-corrected chi connectivity index (χ4v) is 10.2. The lowest BCUT2D eigenvalue weighted by molar-refractivity contribution is 0.659. The summed E-state index contributed by atoms with van der Waals surface area (Å²) in [4.78, 5) is 2.65. The quantitative estimate of drug-likeness (QED) is 0.176. The molecule has 0 saturated heterocycles. The maximum absolute atomic E-state index is 2.65. The van der Waals surface area contributed by atoms with Gasteiger partial charge in [0.05, 0.1) is 11.7 Å². The molecule has 3 aliphatic carbocycles. The van der Waals surface area contributed by atoms with E-state index in [4.69, 9.17) is 0 Å². The highest BCUT2D eigenvalue weighted by Gasteiger charge is 2.36. The van der Waals surface area contributed by atoms with E-state index in [1.807, 2.05) is 11.3 Å². The van der Waals surface area contributed by atoms with Crippen molar-refractivity contribution in [2.24, 2.45) is 0 Å². The van der Waals surface area contributed by atoms with Gasteiger partial charge in [-0.05, 0) is 92.9 Å². The van der Waals surface area contributed by atoms with Gasteiger partial charge in [-0.1, -0.05) is 147 Å². The van der Waals surface area contributed by atoms with Crippen LogP contribution in [0.4, 0.5) is 11.4 Å². The van der Waals surface area contributed by atoms with Crippen LogP contribution in [0.1, 0.15) is 49.8 Å². The van der Waals surface area contributed by atoms with E-state index in [2.05, 4.69) is 177 Å². The molecule has 1 heterocycles. The van der Waals surface area contributed by atoms with E-state index >= 15 is 0 Å². The average molecular weight is 674 g/mol. The molecule has 7 aromatic rings. The zero-order valence-electron chi connectivity index (χ0n) is 29.1. The summed E-state index contributed by atoms with van der Waals surface area (Å²) in [5.41, 5.74) is 13.3. The van der Waals surface area contributed by atoms with Gasteiger partial charge in [-0.3, -0.25) is 0 Å². The molecule has 0 fully saturated rings. The Bertz CT molecular complexity index is 2710. The number of allylic oxidation sites excluding steroid dienone is 2. The van der Waals surface area contributed by atoms with Crippen LogP contribution in [-0.4, -0.2) is 6.04 Å². The van der Waals surface area contributed by atoms with Gasteiger partial charge in [-0.15, -0.1) is 11.3 Å². The molecular formula is C49H39NS. The first-order valence-corrected chi connectivity index (χ1v) is 19.1. The molecule has 0 radical (unpaired) electrons. The zero-order valence-corrected chi connectivity index (χ0v) is 29.9. The highest BCUT2D eigenvalue weighted by atomic mass is 32.1. The smallest absolute Gasteiger partial charge is 0.0566 e. The summed E-state index contributed by atoms with van der Waals surface area (Å²) >= 11 is 1.92. The monoisotopic (exact) mass is 673 g/mol. The predicted molar refractivity (Wildman–Crippen MR) is 220 cm³/mol. The van der Waals surface area contributed by atoms with E-state index in [0.717, 1.165) is 19.3 Å². The van der Waals surface area contributed by atoms with Crippen molar-refractivity contribution in [3.63, 3.8) is 0 Å². The second-order valence-corrected chi connectivity index (χ2v) is 15.8. The van der Waals surface area contributed by atoms with Crippen molar-refractivity contribution >= 4 is 60.6 Å².